The van der Waals surface area contributed by atoms with E-state index in [0.29, 0.717) is 5.69 Å². The summed E-state index contributed by atoms with van der Waals surface area (Å²) < 4.78 is 3.87. The van der Waals surface area contributed by atoms with Crippen LogP contribution in [-0.4, -0.2) is 41.9 Å². The first-order chi connectivity index (χ1) is 13.2. The molecule has 1 amide bonds. The molecule has 0 unspecified atom stereocenters. The van der Waals surface area contributed by atoms with Gasteiger partial charge < -0.3 is 5.32 Å². The topological polar surface area (TPSA) is 80.9 Å². The van der Waals surface area contributed by atoms with E-state index in [1.807, 2.05) is 45.8 Å². The van der Waals surface area contributed by atoms with Crippen molar-refractivity contribution in [3.05, 3.63) is 59.9 Å². The summed E-state index contributed by atoms with van der Waals surface area (Å²) in [6, 6.07) is 11.3. The zero-order chi connectivity index (χ0) is 18.6. The lowest BCUT2D eigenvalue weighted by molar-refractivity contribution is 0.102. The molecule has 27 heavy (non-hydrogen) atoms. The first-order valence-electron chi connectivity index (χ1n) is 9.25. The third-order valence-electron chi connectivity index (χ3n) is 4.72. The van der Waals surface area contributed by atoms with Crippen molar-refractivity contribution >= 4 is 11.6 Å². The lowest BCUT2D eigenvalue weighted by Crippen LogP contribution is -2.25. The molecule has 0 saturated heterocycles. The van der Waals surface area contributed by atoms with Gasteiger partial charge in [-0.2, -0.15) is 10.2 Å². The number of amides is 1. The molecule has 2 aromatic heterocycles. The van der Waals surface area contributed by atoms with Gasteiger partial charge in [0, 0.05) is 31.9 Å². The number of carbonyl (C=O) groups excluding carboxylic acids is 1. The fraction of sp³-hybridized carbons (Fsp3) is 0.368. The van der Waals surface area contributed by atoms with Crippen molar-refractivity contribution in [2.24, 2.45) is 0 Å². The van der Waals surface area contributed by atoms with Crippen molar-refractivity contribution in [2.75, 3.05) is 11.9 Å². The summed E-state index contributed by atoms with van der Waals surface area (Å²) in [4.78, 5) is 19.2. The summed E-state index contributed by atoms with van der Waals surface area (Å²) in [7, 11) is 0. The van der Waals surface area contributed by atoms with Crippen molar-refractivity contribution in [1.82, 2.24) is 29.4 Å². The predicted molar refractivity (Wildman–Crippen MR) is 101 cm³/mol. The number of hydrogen-bond acceptors (Lipinski definition) is 5. The van der Waals surface area contributed by atoms with E-state index in [4.69, 9.17) is 0 Å². The van der Waals surface area contributed by atoms with Gasteiger partial charge in [-0.25, -0.2) is 9.67 Å². The van der Waals surface area contributed by atoms with Crippen LogP contribution in [0.3, 0.4) is 0 Å². The van der Waals surface area contributed by atoms with E-state index in [1.54, 1.807) is 6.33 Å². The van der Waals surface area contributed by atoms with E-state index in [2.05, 4.69) is 32.3 Å². The zero-order valence-corrected chi connectivity index (χ0v) is 15.4. The molecular weight excluding hydrogens is 342 g/mol. The Morgan fingerprint density at radius 3 is 2.89 bits per heavy atom. The van der Waals surface area contributed by atoms with Crippen LogP contribution in [-0.2, 0) is 26.2 Å². The molecule has 0 saturated carbocycles. The second-order valence-electron chi connectivity index (χ2n) is 6.62. The summed E-state index contributed by atoms with van der Waals surface area (Å²) >= 11 is 0. The number of fused-ring (bicyclic) bond motifs is 1. The molecule has 0 spiro atoms. The molecule has 0 bridgehead atoms. The number of hydrogen-bond donors (Lipinski definition) is 1. The number of nitrogens with one attached hydrogen (secondary N) is 1. The Morgan fingerprint density at radius 1 is 1.22 bits per heavy atom. The Labute approximate surface area is 157 Å². The van der Waals surface area contributed by atoms with E-state index in [1.165, 1.54) is 0 Å². The first-order valence-corrected chi connectivity index (χ1v) is 9.25. The Bertz CT molecular complexity index is 915. The smallest absolute Gasteiger partial charge is 0.276 e. The largest absolute Gasteiger partial charge is 0.321 e. The number of carbonyl (C=O) groups is 1. The minimum atomic E-state index is -0.181. The average molecular weight is 365 g/mol. The van der Waals surface area contributed by atoms with Gasteiger partial charge in [0.05, 0.1) is 12.2 Å². The van der Waals surface area contributed by atoms with Crippen molar-refractivity contribution in [3.63, 3.8) is 0 Å². The molecule has 8 heteroatoms. The Balaban J connectivity index is 1.47. The van der Waals surface area contributed by atoms with E-state index in [-0.39, 0.29) is 5.91 Å². The maximum absolute atomic E-state index is 12.5. The summed E-state index contributed by atoms with van der Waals surface area (Å²) in [5.74, 6) is 0.784. The van der Waals surface area contributed by atoms with E-state index in [9.17, 15) is 4.79 Å². The summed E-state index contributed by atoms with van der Waals surface area (Å²) in [6.45, 7) is 6.13. The van der Waals surface area contributed by atoms with Gasteiger partial charge in [0.1, 0.15) is 12.2 Å². The van der Waals surface area contributed by atoms with E-state index >= 15 is 0 Å². The maximum atomic E-state index is 12.5. The second kappa shape index (κ2) is 7.71. The number of aryl methyl sites for hydroxylation is 2. The normalized spacial score (nSPS) is 14.6. The van der Waals surface area contributed by atoms with Crippen LogP contribution in [0.2, 0.25) is 0 Å². The van der Waals surface area contributed by atoms with Gasteiger partial charge in [-0.1, -0.05) is 18.2 Å². The van der Waals surface area contributed by atoms with Gasteiger partial charge in [0.25, 0.3) is 5.91 Å². The van der Waals surface area contributed by atoms with Crippen LogP contribution in [0.4, 0.5) is 5.69 Å². The van der Waals surface area contributed by atoms with Crippen LogP contribution in [0.5, 0.6) is 0 Å². The Kier molecular flexibility index (Phi) is 4.97. The predicted octanol–water partition coefficient (Wildman–Crippen LogP) is 2.15. The molecule has 3 aromatic rings. The summed E-state index contributed by atoms with van der Waals surface area (Å²) in [5, 5.41) is 11.7. The third kappa shape index (κ3) is 3.90. The molecule has 0 atom stereocenters. The van der Waals surface area contributed by atoms with Crippen molar-refractivity contribution in [1.29, 1.82) is 0 Å². The number of aromatic nitrogens is 5. The minimum Gasteiger partial charge on any atom is -0.321 e. The first kappa shape index (κ1) is 17.4. The molecule has 4 rings (SSSR count). The van der Waals surface area contributed by atoms with Crippen LogP contribution >= 0.6 is 0 Å². The molecule has 1 aliphatic rings. The molecule has 1 aromatic carbocycles. The van der Waals surface area contributed by atoms with Gasteiger partial charge in [0.2, 0.25) is 0 Å². The van der Waals surface area contributed by atoms with E-state index < -0.39 is 0 Å². The highest BCUT2D eigenvalue weighted by Crippen LogP contribution is 2.17. The molecule has 140 valence electrons. The second-order valence-corrected chi connectivity index (χ2v) is 6.62. The molecular formula is C19H23N7O. The van der Waals surface area contributed by atoms with Crippen LogP contribution in [0, 0.1) is 0 Å². The van der Waals surface area contributed by atoms with Crippen LogP contribution in [0.1, 0.15) is 35.4 Å². The molecule has 3 heterocycles. The van der Waals surface area contributed by atoms with Crippen molar-refractivity contribution in [3.8, 4) is 0 Å². The van der Waals surface area contributed by atoms with E-state index in [0.717, 1.165) is 56.4 Å². The molecule has 0 fully saturated rings. The molecule has 1 N–H and O–H groups in total. The average Bonchev–Trinajstić information content (AvgIpc) is 3.25. The molecule has 1 aliphatic heterocycles. The SMILES string of the molecule is CCn1ncnc1CN1CCCn2nc(C(=O)Nc3ccccc3)cc2C1. The molecule has 0 radical (unpaired) electrons. The highest BCUT2D eigenvalue weighted by molar-refractivity contribution is 6.02. The lowest BCUT2D eigenvalue weighted by atomic mass is 10.3. The summed E-state index contributed by atoms with van der Waals surface area (Å²) in [5.41, 5.74) is 2.27. The number of rotatable bonds is 5. The minimum absolute atomic E-state index is 0.181. The number of nitrogens with zero attached hydrogens (tertiary/aromatic N) is 6. The molecule has 8 nitrogen and oxygen atoms in total. The van der Waals surface area contributed by atoms with Crippen molar-refractivity contribution < 1.29 is 4.79 Å². The van der Waals surface area contributed by atoms with Crippen LogP contribution in [0.15, 0.2) is 42.7 Å². The van der Waals surface area contributed by atoms with Gasteiger partial charge in [0.15, 0.2) is 5.69 Å². The standard InChI is InChI=1S/C19H23N7O/c1-2-25-18(20-14-21-25)13-24-9-6-10-26-16(12-24)11-17(23-26)19(27)22-15-7-4-3-5-8-15/h3-5,7-8,11,14H,2,6,9-10,12-13H2,1H3,(H,22,27). The Morgan fingerprint density at radius 2 is 2.07 bits per heavy atom. The zero-order valence-electron chi connectivity index (χ0n) is 15.4. The lowest BCUT2D eigenvalue weighted by Gasteiger charge is -2.18. The third-order valence-corrected chi connectivity index (χ3v) is 4.72. The quantitative estimate of drug-likeness (QED) is 0.749. The monoisotopic (exact) mass is 365 g/mol. The number of para-hydroxylation sites is 1. The number of benzene rings is 1. The fourth-order valence-corrected chi connectivity index (χ4v) is 3.37. The van der Waals surface area contributed by atoms with Gasteiger partial charge in [-0.15, -0.1) is 0 Å². The van der Waals surface area contributed by atoms with Gasteiger partial charge in [-0.05, 0) is 31.5 Å². The highest BCUT2D eigenvalue weighted by Gasteiger charge is 2.20. The number of anilines is 1. The Hall–Kier alpha value is -3.00. The maximum Gasteiger partial charge on any atom is 0.276 e. The fourth-order valence-electron chi connectivity index (χ4n) is 3.37. The van der Waals surface area contributed by atoms with Gasteiger partial charge in [-0.3, -0.25) is 14.4 Å². The summed E-state index contributed by atoms with van der Waals surface area (Å²) in [6.07, 6.45) is 2.58. The van der Waals surface area contributed by atoms with Gasteiger partial charge >= 0.3 is 0 Å². The van der Waals surface area contributed by atoms with Crippen LogP contribution < -0.4 is 5.32 Å². The van der Waals surface area contributed by atoms with Crippen LogP contribution in [0.25, 0.3) is 0 Å². The van der Waals surface area contributed by atoms with Crippen molar-refractivity contribution in [2.45, 2.75) is 39.5 Å². The molecule has 0 aliphatic carbocycles. The highest BCUT2D eigenvalue weighted by atomic mass is 16.1.